The zero-order chi connectivity index (χ0) is 21.3. The Hall–Kier alpha value is -2.19. The molecule has 2 N–H and O–H groups in total. The zero-order valence-corrected chi connectivity index (χ0v) is 18.6. The van der Waals surface area contributed by atoms with Gasteiger partial charge in [-0.1, -0.05) is 0 Å². The van der Waals surface area contributed by atoms with E-state index >= 15 is 0 Å². The highest BCUT2D eigenvalue weighted by Gasteiger charge is 2.34. The Balaban J connectivity index is 2.14. The monoisotopic (exact) mass is 408 g/mol. The number of nitrogens with zero attached hydrogens (tertiary/aromatic N) is 2. The standard InChI is InChI=1S/C21H36N4O4/c1-7-22-20(24-15-21(25(2)3)8-10-29-11-9-21)23-14-16-12-17(26-4)19(28-6)18(13-16)27-5/h12-13H,7-11,14-15H2,1-6H3,(H2,22,23,24). The van der Waals surface area contributed by atoms with Crippen LogP contribution in [0.3, 0.4) is 0 Å². The van der Waals surface area contributed by atoms with E-state index in [2.05, 4.69) is 36.6 Å². The van der Waals surface area contributed by atoms with E-state index in [1.165, 1.54) is 0 Å². The number of benzene rings is 1. The molecule has 29 heavy (non-hydrogen) atoms. The number of nitrogens with one attached hydrogen (secondary N) is 2. The van der Waals surface area contributed by atoms with Crippen LogP contribution in [0.4, 0.5) is 0 Å². The summed E-state index contributed by atoms with van der Waals surface area (Å²) in [7, 11) is 9.09. The van der Waals surface area contributed by atoms with E-state index < -0.39 is 0 Å². The number of methoxy groups -OCH3 is 3. The molecule has 1 heterocycles. The van der Waals surface area contributed by atoms with Crippen molar-refractivity contribution in [1.29, 1.82) is 0 Å². The second-order valence-electron chi connectivity index (χ2n) is 7.31. The number of likely N-dealkylation sites (N-methyl/N-ethyl adjacent to an activating group) is 1. The van der Waals surface area contributed by atoms with Crippen molar-refractivity contribution < 1.29 is 18.9 Å². The molecule has 0 aromatic heterocycles. The second kappa shape index (κ2) is 11.1. The van der Waals surface area contributed by atoms with Gasteiger partial charge in [-0.3, -0.25) is 0 Å². The molecule has 1 saturated heterocycles. The minimum absolute atomic E-state index is 0.0704. The van der Waals surface area contributed by atoms with Gasteiger partial charge in [-0.15, -0.1) is 0 Å². The fourth-order valence-electron chi connectivity index (χ4n) is 3.52. The molecule has 0 saturated carbocycles. The van der Waals surface area contributed by atoms with Crippen LogP contribution in [0.5, 0.6) is 17.2 Å². The van der Waals surface area contributed by atoms with Crippen LogP contribution in [0.1, 0.15) is 25.3 Å². The predicted octanol–water partition coefficient (Wildman–Crippen LogP) is 1.88. The lowest BCUT2D eigenvalue weighted by Gasteiger charge is -2.43. The van der Waals surface area contributed by atoms with Crippen molar-refractivity contribution >= 4 is 5.96 Å². The lowest BCUT2D eigenvalue weighted by Crippen LogP contribution is -2.57. The van der Waals surface area contributed by atoms with E-state index in [1.54, 1.807) is 21.3 Å². The summed E-state index contributed by atoms with van der Waals surface area (Å²) in [6.07, 6.45) is 2.00. The zero-order valence-electron chi connectivity index (χ0n) is 18.6. The van der Waals surface area contributed by atoms with Gasteiger partial charge in [-0.05, 0) is 51.6 Å². The summed E-state index contributed by atoms with van der Waals surface area (Å²) in [6, 6.07) is 3.85. The molecule has 0 unspecified atom stereocenters. The number of rotatable bonds is 9. The van der Waals surface area contributed by atoms with E-state index in [0.29, 0.717) is 23.8 Å². The van der Waals surface area contributed by atoms with E-state index in [4.69, 9.17) is 23.9 Å². The van der Waals surface area contributed by atoms with E-state index in [0.717, 1.165) is 50.7 Å². The number of aliphatic imine (C=N–C) groups is 1. The molecule has 1 aliphatic heterocycles. The van der Waals surface area contributed by atoms with Gasteiger partial charge >= 0.3 is 0 Å². The first-order valence-corrected chi connectivity index (χ1v) is 10.1. The predicted molar refractivity (Wildman–Crippen MR) is 115 cm³/mol. The highest BCUT2D eigenvalue weighted by Crippen LogP contribution is 2.38. The van der Waals surface area contributed by atoms with Crippen molar-refractivity contribution in [2.75, 3.05) is 61.7 Å². The summed E-state index contributed by atoms with van der Waals surface area (Å²) in [5, 5.41) is 6.85. The first kappa shape index (κ1) is 23.1. The summed E-state index contributed by atoms with van der Waals surface area (Å²) in [6.45, 7) is 5.73. The van der Waals surface area contributed by atoms with Crippen molar-refractivity contribution in [3.63, 3.8) is 0 Å². The van der Waals surface area contributed by atoms with Crippen LogP contribution in [0.2, 0.25) is 0 Å². The van der Waals surface area contributed by atoms with Crippen LogP contribution in [-0.2, 0) is 11.3 Å². The van der Waals surface area contributed by atoms with Gasteiger partial charge in [0.15, 0.2) is 17.5 Å². The van der Waals surface area contributed by atoms with Gasteiger partial charge in [-0.25, -0.2) is 4.99 Å². The Bertz CT molecular complexity index is 648. The van der Waals surface area contributed by atoms with Gasteiger partial charge in [0.1, 0.15) is 0 Å². The molecule has 1 aliphatic rings. The molecule has 1 fully saturated rings. The average Bonchev–Trinajstić information content (AvgIpc) is 2.75. The van der Waals surface area contributed by atoms with Gasteiger partial charge in [0.05, 0.1) is 27.9 Å². The van der Waals surface area contributed by atoms with Crippen LogP contribution in [0.15, 0.2) is 17.1 Å². The molecule has 0 radical (unpaired) electrons. The topological polar surface area (TPSA) is 76.6 Å². The van der Waals surface area contributed by atoms with Crippen LogP contribution in [-0.4, -0.2) is 78.1 Å². The first-order chi connectivity index (χ1) is 14.0. The molecule has 2 rings (SSSR count). The molecule has 0 bridgehead atoms. The highest BCUT2D eigenvalue weighted by molar-refractivity contribution is 5.79. The maximum absolute atomic E-state index is 5.56. The van der Waals surface area contributed by atoms with Crippen LogP contribution >= 0.6 is 0 Å². The first-order valence-electron chi connectivity index (χ1n) is 10.1. The molecular weight excluding hydrogens is 372 g/mol. The third-order valence-corrected chi connectivity index (χ3v) is 5.45. The fraction of sp³-hybridized carbons (Fsp3) is 0.667. The fourth-order valence-corrected chi connectivity index (χ4v) is 3.52. The van der Waals surface area contributed by atoms with Crippen LogP contribution in [0.25, 0.3) is 0 Å². The SMILES string of the molecule is CCNC(=NCc1cc(OC)c(OC)c(OC)c1)NCC1(N(C)C)CCOCC1. The Morgan fingerprint density at radius 2 is 1.69 bits per heavy atom. The van der Waals surface area contributed by atoms with E-state index in [-0.39, 0.29) is 5.54 Å². The molecule has 0 amide bonds. The highest BCUT2D eigenvalue weighted by atomic mass is 16.5. The van der Waals surface area contributed by atoms with Crippen molar-refractivity contribution in [3.8, 4) is 17.2 Å². The van der Waals surface area contributed by atoms with Crippen LogP contribution < -0.4 is 24.8 Å². The smallest absolute Gasteiger partial charge is 0.203 e. The van der Waals surface area contributed by atoms with Crippen LogP contribution in [0, 0.1) is 0 Å². The molecule has 0 spiro atoms. The molecule has 8 nitrogen and oxygen atoms in total. The number of guanidine groups is 1. The molecular formula is C21H36N4O4. The van der Waals surface area contributed by atoms with Crippen molar-refractivity contribution in [2.45, 2.75) is 31.8 Å². The Kier molecular flexibility index (Phi) is 8.85. The van der Waals surface area contributed by atoms with Gasteiger partial charge in [0.2, 0.25) is 5.75 Å². The van der Waals surface area contributed by atoms with Gasteiger partial charge in [0, 0.05) is 31.8 Å². The number of ether oxygens (including phenoxy) is 4. The largest absolute Gasteiger partial charge is 0.493 e. The third kappa shape index (κ3) is 5.90. The number of hydrogen-bond donors (Lipinski definition) is 2. The molecule has 0 atom stereocenters. The summed E-state index contributed by atoms with van der Waals surface area (Å²) in [4.78, 5) is 7.05. The number of hydrogen-bond acceptors (Lipinski definition) is 6. The van der Waals surface area contributed by atoms with Gasteiger partial charge in [0.25, 0.3) is 0 Å². The van der Waals surface area contributed by atoms with Crippen molar-refractivity contribution in [3.05, 3.63) is 17.7 Å². The summed E-state index contributed by atoms with van der Waals surface area (Å²) in [5.74, 6) is 2.63. The Labute approximate surface area is 174 Å². The molecule has 1 aromatic rings. The van der Waals surface area contributed by atoms with Crippen molar-refractivity contribution in [2.24, 2.45) is 4.99 Å². The molecule has 164 valence electrons. The Morgan fingerprint density at radius 1 is 1.07 bits per heavy atom. The average molecular weight is 409 g/mol. The van der Waals surface area contributed by atoms with E-state index in [1.807, 2.05) is 12.1 Å². The van der Waals surface area contributed by atoms with Crippen molar-refractivity contribution in [1.82, 2.24) is 15.5 Å². The summed E-state index contributed by atoms with van der Waals surface area (Å²) in [5.41, 5.74) is 1.05. The third-order valence-electron chi connectivity index (χ3n) is 5.45. The lowest BCUT2D eigenvalue weighted by molar-refractivity contribution is -0.00501. The summed E-state index contributed by atoms with van der Waals surface area (Å²) < 4.78 is 21.8. The lowest BCUT2D eigenvalue weighted by atomic mass is 9.88. The normalized spacial score (nSPS) is 16.4. The molecule has 0 aliphatic carbocycles. The quantitative estimate of drug-likeness (QED) is 0.477. The summed E-state index contributed by atoms with van der Waals surface area (Å²) >= 11 is 0. The molecule has 8 heteroatoms. The second-order valence-corrected chi connectivity index (χ2v) is 7.31. The van der Waals surface area contributed by atoms with Gasteiger partial charge in [-0.2, -0.15) is 0 Å². The van der Waals surface area contributed by atoms with Gasteiger partial charge < -0.3 is 34.5 Å². The maximum Gasteiger partial charge on any atom is 0.203 e. The minimum atomic E-state index is 0.0704. The van der Waals surface area contributed by atoms with E-state index in [9.17, 15) is 0 Å². The molecule has 1 aromatic carbocycles. The maximum atomic E-state index is 5.56. The minimum Gasteiger partial charge on any atom is -0.493 e. The Morgan fingerprint density at radius 3 is 2.17 bits per heavy atom.